The maximum absolute atomic E-state index is 6.64. The van der Waals surface area contributed by atoms with Crippen molar-refractivity contribution in [1.29, 1.82) is 0 Å². The smallest absolute Gasteiger partial charge is 0.0409 e. The highest BCUT2D eigenvalue weighted by atomic mass is 14.7. The Morgan fingerprint density at radius 2 is 1.43 bits per heavy atom. The zero-order valence-corrected chi connectivity index (χ0v) is 14.6. The predicted molar refractivity (Wildman–Crippen MR) is 92.5 cm³/mol. The van der Waals surface area contributed by atoms with Gasteiger partial charge >= 0.3 is 0 Å². The van der Waals surface area contributed by atoms with Gasteiger partial charge in [-0.05, 0) is 41.2 Å². The van der Waals surface area contributed by atoms with E-state index in [4.69, 9.17) is 5.73 Å². The highest BCUT2D eigenvalue weighted by Gasteiger charge is 2.31. The molecule has 0 saturated heterocycles. The molecule has 118 valence electrons. The average molecular weight is 287 g/mol. The van der Waals surface area contributed by atoms with Crippen molar-refractivity contribution < 1.29 is 0 Å². The van der Waals surface area contributed by atoms with E-state index >= 15 is 0 Å². The van der Waals surface area contributed by atoms with Crippen LogP contribution < -0.4 is 5.73 Å². The zero-order chi connectivity index (χ0) is 15.7. The molecule has 1 fully saturated rings. The van der Waals surface area contributed by atoms with E-state index < -0.39 is 0 Å². The second-order valence-electron chi connectivity index (χ2n) is 8.92. The minimum Gasteiger partial charge on any atom is -0.321 e. The summed E-state index contributed by atoms with van der Waals surface area (Å²) in [5.41, 5.74) is 9.89. The van der Waals surface area contributed by atoms with Gasteiger partial charge in [0.05, 0.1) is 0 Å². The van der Waals surface area contributed by atoms with Crippen molar-refractivity contribution in [3.05, 3.63) is 35.4 Å². The van der Waals surface area contributed by atoms with Crippen molar-refractivity contribution in [2.45, 2.75) is 84.1 Å². The van der Waals surface area contributed by atoms with Crippen LogP contribution in [0.1, 0.15) is 84.3 Å². The molecule has 1 nitrogen and oxygen atoms in total. The molecule has 1 aliphatic rings. The monoisotopic (exact) mass is 287 g/mol. The second kappa shape index (κ2) is 5.76. The molecule has 0 amide bonds. The van der Waals surface area contributed by atoms with E-state index in [-0.39, 0.29) is 11.0 Å². The Labute approximate surface area is 131 Å². The minimum atomic E-state index is -0.0784. The lowest BCUT2D eigenvalue weighted by molar-refractivity contribution is 0.283. The SMILES string of the molecule is CC(C)(C)CC(C)(C)c1ccc(C2(N)CCCCC2)cc1. The van der Waals surface area contributed by atoms with Crippen LogP contribution in [-0.2, 0) is 11.0 Å². The minimum absolute atomic E-state index is 0.0784. The lowest BCUT2D eigenvalue weighted by atomic mass is 9.71. The topological polar surface area (TPSA) is 26.0 Å². The fourth-order valence-electron chi connectivity index (χ4n) is 4.15. The molecular weight excluding hydrogens is 254 g/mol. The molecule has 2 rings (SSSR count). The molecule has 0 spiro atoms. The maximum Gasteiger partial charge on any atom is 0.0409 e. The Morgan fingerprint density at radius 3 is 1.90 bits per heavy atom. The molecule has 1 saturated carbocycles. The molecule has 0 bridgehead atoms. The van der Waals surface area contributed by atoms with Gasteiger partial charge in [-0.1, -0.05) is 78.1 Å². The van der Waals surface area contributed by atoms with Gasteiger partial charge in [-0.3, -0.25) is 0 Å². The summed E-state index contributed by atoms with van der Waals surface area (Å²) in [6.07, 6.45) is 7.35. The first-order chi connectivity index (χ1) is 9.62. The maximum atomic E-state index is 6.64. The Kier molecular flexibility index (Phi) is 4.54. The van der Waals surface area contributed by atoms with Gasteiger partial charge in [0, 0.05) is 5.54 Å². The van der Waals surface area contributed by atoms with Gasteiger partial charge in [-0.2, -0.15) is 0 Å². The molecule has 1 heteroatoms. The zero-order valence-electron chi connectivity index (χ0n) is 14.6. The van der Waals surface area contributed by atoms with Crippen molar-refractivity contribution in [2.24, 2.45) is 11.1 Å². The highest BCUT2D eigenvalue weighted by Crippen LogP contribution is 2.38. The summed E-state index contributed by atoms with van der Waals surface area (Å²) in [7, 11) is 0. The van der Waals surface area contributed by atoms with Crippen molar-refractivity contribution in [3.63, 3.8) is 0 Å². The van der Waals surface area contributed by atoms with Crippen LogP contribution in [0.15, 0.2) is 24.3 Å². The normalized spacial score (nSPS) is 19.5. The van der Waals surface area contributed by atoms with E-state index in [1.807, 2.05) is 0 Å². The third-order valence-corrected chi connectivity index (χ3v) is 4.96. The van der Waals surface area contributed by atoms with Crippen molar-refractivity contribution in [2.75, 3.05) is 0 Å². The fraction of sp³-hybridized carbons (Fsp3) is 0.700. The quantitative estimate of drug-likeness (QED) is 0.778. The summed E-state index contributed by atoms with van der Waals surface area (Å²) in [5, 5.41) is 0. The Morgan fingerprint density at radius 1 is 0.905 bits per heavy atom. The summed E-state index contributed by atoms with van der Waals surface area (Å²) < 4.78 is 0. The summed E-state index contributed by atoms with van der Waals surface area (Å²) in [4.78, 5) is 0. The summed E-state index contributed by atoms with van der Waals surface area (Å²) in [5.74, 6) is 0. The second-order valence-corrected chi connectivity index (χ2v) is 8.92. The Bertz CT molecular complexity index is 456. The van der Waals surface area contributed by atoms with Crippen LogP contribution in [0.4, 0.5) is 0 Å². The third-order valence-electron chi connectivity index (χ3n) is 4.96. The van der Waals surface area contributed by atoms with Crippen LogP contribution in [-0.4, -0.2) is 0 Å². The van der Waals surface area contributed by atoms with Crippen molar-refractivity contribution in [3.8, 4) is 0 Å². The number of hydrogen-bond acceptors (Lipinski definition) is 1. The first-order valence-corrected chi connectivity index (χ1v) is 8.52. The van der Waals surface area contributed by atoms with E-state index in [1.54, 1.807) is 0 Å². The lowest BCUT2D eigenvalue weighted by Crippen LogP contribution is -2.38. The van der Waals surface area contributed by atoms with E-state index in [0.717, 1.165) is 12.8 Å². The highest BCUT2D eigenvalue weighted by molar-refractivity contribution is 5.32. The van der Waals surface area contributed by atoms with Gasteiger partial charge < -0.3 is 5.73 Å². The van der Waals surface area contributed by atoms with Gasteiger partial charge in [0.2, 0.25) is 0 Å². The van der Waals surface area contributed by atoms with Gasteiger partial charge in [0.15, 0.2) is 0 Å². The molecular formula is C20H33N. The third kappa shape index (κ3) is 4.10. The van der Waals surface area contributed by atoms with Crippen LogP contribution in [0.2, 0.25) is 0 Å². The van der Waals surface area contributed by atoms with Gasteiger partial charge in [0.1, 0.15) is 0 Å². The van der Waals surface area contributed by atoms with E-state index in [0.29, 0.717) is 5.41 Å². The average Bonchev–Trinajstić information content (AvgIpc) is 2.37. The van der Waals surface area contributed by atoms with Crippen molar-refractivity contribution in [1.82, 2.24) is 0 Å². The number of hydrogen-bond donors (Lipinski definition) is 1. The van der Waals surface area contributed by atoms with Crippen LogP contribution in [0.25, 0.3) is 0 Å². The standard InChI is InChI=1S/C20H33N/c1-18(2,3)15-19(4,5)16-9-11-17(12-10-16)20(21)13-7-6-8-14-20/h9-12H,6-8,13-15,21H2,1-5H3. The van der Waals surface area contributed by atoms with E-state index in [1.165, 1.54) is 36.8 Å². The number of nitrogens with two attached hydrogens (primary N) is 1. The molecule has 0 atom stereocenters. The summed E-state index contributed by atoms with van der Waals surface area (Å²) in [6, 6.07) is 9.19. The van der Waals surface area contributed by atoms with Crippen molar-refractivity contribution >= 4 is 0 Å². The van der Waals surface area contributed by atoms with E-state index in [9.17, 15) is 0 Å². The molecule has 0 aliphatic heterocycles. The van der Waals surface area contributed by atoms with Crippen LogP contribution in [0, 0.1) is 5.41 Å². The fourth-order valence-corrected chi connectivity index (χ4v) is 4.15. The molecule has 0 radical (unpaired) electrons. The van der Waals surface area contributed by atoms with Gasteiger partial charge in [-0.15, -0.1) is 0 Å². The van der Waals surface area contributed by atoms with Crippen LogP contribution >= 0.6 is 0 Å². The molecule has 21 heavy (non-hydrogen) atoms. The van der Waals surface area contributed by atoms with Crippen LogP contribution in [0.3, 0.4) is 0 Å². The largest absolute Gasteiger partial charge is 0.321 e. The number of benzene rings is 1. The Balaban J connectivity index is 2.18. The molecule has 0 unspecified atom stereocenters. The lowest BCUT2D eigenvalue weighted by Gasteiger charge is -2.36. The number of rotatable bonds is 3. The Hall–Kier alpha value is -0.820. The molecule has 0 heterocycles. The predicted octanol–water partition coefficient (Wildman–Crippen LogP) is 5.52. The molecule has 1 aromatic rings. The first-order valence-electron chi connectivity index (χ1n) is 8.52. The van der Waals surface area contributed by atoms with Crippen LogP contribution in [0.5, 0.6) is 0 Å². The van der Waals surface area contributed by atoms with Gasteiger partial charge in [0.25, 0.3) is 0 Å². The molecule has 2 N–H and O–H groups in total. The molecule has 1 aromatic carbocycles. The van der Waals surface area contributed by atoms with Gasteiger partial charge in [-0.25, -0.2) is 0 Å². The molecule has 0 aromatic heterocycles. The summed E-state index contributed by atoms with van der Waals surface area (Å²) >= 11 is 0. The van der Waals surface area contributed by atoms with E-state index in [2.05, 4.69) is 58.9 Å². The molecule has 1 aliphatic carbocycles. The summed E-state index contributed by atoms with van der Waals surface area (Å²) in [6.45, 7) is 11.7. The first kappa shape index (κ1) is 16.5.